The molecule has 10 heteroatoms. The predicted molar refractivity (Wildman–Crippen MR) is 102 cm³/mol. The molecule has 156 valence electrons. The van der Waals surface area contributed by atoms with Crippen LogP contribution >= 0.6 is 0 Å². The summed E-state index contributed by atoms with van der Waals surface area (Å²) in [6.07, 6.45) is 0.670. The van der Waals surface area contributed by atoms with Crippen molar-refractivity contribution in [3.05, 3.63) is 41.9 Å². The van der Waals surface area contributed by atoms with Crippen LogP contribution in [0.15, 0.2) is 30.7 Å². The van der Waals surface area contributed by atoms with Crippen molar-refractivity contribution in [1.82, 2.24) is 19.7 Å². The first kappa shape index (κ1) is 20.8. The van der Waals surface area contributed by atoms with Crippen LogP contribution in [-0.4, -0.2) is 52.3 Å². The molecule has 0 amide bonds. The number of nitrogens with zero attached hydrogens (tertiary/aromatic N) is 4. The van der Waals surface area contributed by atoms with Crippen LogP contribution in [0.1, 0.15) is 18.1 Å². The van der Waals surface area contributed by atoms with Crippen molar-refractivity contribution in [3.8, 4) is 5.88 Å². The van der Waals surface area contributed by atoms with Crippen LogP contribution in [-0.2, 0) is 11.3 Å². The van der Waals surface area contributed by atoms with Crippen molar-refractivity contribution < 1.29 is 22.6 Å². The number of rotatable bonds is 8. The van der Waals surface area contributed by atoms with E-state index in [-0.39, 0.29) is 12.0 Å². The highest BCUT2D eigenvalue weighted by molar-refractivity contribution is 5.88. The number of ether oxygens (including phenoxy) is 2. The minimum atomic E-state index is -4.40. The number of alkyl halides is 3. The minimum absolute atomic E-state index is 0.0281. The van der Waals surface area contributed by atoms with E-state index in [0.29, 0.717) is 24.5 Å². The van der Waals surface area contributed by atoms with Gasteiger partial charge in [0.1, 0.15) is 5.82 Å². The lowest BCUT2D eigenvalue weighted by molar-refractivity contribution is -0.154. The fourth-order valence-corrected chi connectivity index (χ4v) is 2.73. The predicted octanol–water partition coefficient (Wildman–Crippen LogP) is 3.57. The number of methoxy groups -OCH3 is 1. The van der Waals surface area contributed by atoms with Gasteiger partial charge in [-0.25, -0.2) is 9.97 Å². The Bertz CT molecular complexity index is 974. The highest BCUT2D eigenvalue weighted by Crippen LogP contribution is 2.22. The Morgan fingerprint density at radius 1 is 1.28 bits per heavy atom. The number of pyridine rings is 2. The summed E-state index contributed by atoms with van der Waals surface area (Å²) in [5, 5.41) is 8.65. The second-order valence-corrected chi connectivity index (χ2v) is 6.72. The zero-order valence-corrected chi connectivity index (χ0v) is 16.3. The first-order valence-electron chi connectivity index (χ1n) is 8.99. The molecule has 0 aliphatic carbocycles. The third-order valence-corrected chi connectivity index (χ3v) is 4.24. The maximum absolute atomic E-state index is 12.3. The lowest BCUT2D eigenvalue weighted by Crippen LogP contribution is -2.20. The van der Waals surface area contributed by atoms with Gasteiger partial charge in [0.25, 0.3) is 0 Å². The smallest absolute Gasteiger partial charge is 0.422 e. The minimum Gasteiger partial charge on any atom is -0.468 e. The van der Waals surface area contributed by atoms with E-state index in [4.69, 9.17) is 9.47 Å². The average molecular weight is 409 g/mol. The summed E-state index contributed by atoms with van der Waals surface area (Å²) in [6.45, 7) is 3.26. The van der Waals surface area contributed by atoms with Crippen LogP contribution in [0.25, 0.3) is 10.9 Å². The van der Waals surface area contributed by atoms with E-state index in [9.17, 15) is 13.2 Å². The molecule has 3 aromatic heterocycles. The number of halogens is 3. The SMILES string of the molecule is CO[C@@H](C)CNc1nccc2nn(Cc3cnc(OCC(F)(F)F)c(C)c3)cc12. The Morgan fingerprint density at radius 2 is 2.07 bits per heavy atom. The fourth-order valence-electron chi connectivity index (χ4n) is 2.73. The molecule has 0 saturated heterocycles. The van der Waals surface area contributed by atoms with Crippen molar-refractivity contribution in [1.29, 1.82) is 0 Å². The molecule has 0 fully saturated rings. The molecule has 0 unspecified atom stereocenters. The van der Waals surface area contributed by atoms with E-state index in [1.54, 1.807) is 31.0 Å². The number of aryl methyl sites for hydroxylation is 1. The monoisotopic (exact) mass is 409 g/mol. The molecular weight excluding hydrogens is 387 g/mol. The number of nitrogens with one attached hydrogen (secondary N) is 1. The van der Waals surface area contributed by atoms with Crippen LogP contribution in [0.4, 0.5) is 19.0 Å². The van der Waals surface area contributed by atoms with Crippen LogP contribution in [0.5, 0.6) is 5.88 Å². The lowest BCUT2D eigenvalue weighted by Gasteiger charge is -2.11. The number of hydrogen-bond donors (Lipinski definition) is 1. The van der Waals surface area contributed by atoms with Gasteiger partial charge in [0.05, 0.1) is 23.6 Å². The maximum atomic E-state index is 12.3. The third-order valence-electron chi connectivity index (χ3n) is 4.24. The molecular formula is C19H22F3N5O2. The summed E-state index contributed by atoms with van der Waals surface area (Å²) in [4.78, 5) is 8.36. The highest BCUT2D eigenvalue weighted by Gasteiger charge is 2.29. The van der Waals surface area contributed by atoms with Gasteiger partial charge in [0, 0.05) is 37.8 Å². The molecule has 0 radical (unpaired) electrons. The van der Waals surface area contributed by atoms with Crippen molar-refractivity contribution >= 4 is 16.7 Å². The molecule has 0 saturated carbocycles. The molecule has 29 heavy (non-hydrogen) atoms. The van der Waals surface area contributed by atoms with E-state index in [0.717, 1.165) is 16.5 Å². The summed E-state index contributed by atoms with van der Waals surface area (Å²) in [7, 11) is 1.65. The Hall–Kier alpha value is -2.88. The van der Waals surface area contributed by atoms with Gasteiger partial charge in [0.15, 0.2) is 6.61 Å². The van der Waals surface area contributed by atoms with Gasteiger partial charge in [-0.05, 0) is 31.5 Å². The highest BCUT2D eigenvalue weighted by atomic mass is 19.4. The Labute approximate surface area is 165 Å². The molecule has 0 aliphatic rings. The molecule has 3 aromatic rings. The largest absolute Gasteiger partial charge is 0.468 e. The van der Waals surface area contributed by atoms with E-state index < -0.39 is 12.8 Å². The Balaban J connectivity index is 1.74. The zero-order chi connectivity index (χ0) is 21.0. The fraction of sp³-hybridized carbons (Fsp3) is 0.421. The van der Waals surface area contributed by atoms with Gasteiger partial charge in [-0.15, -0.1) is 0 Å². The van der Waals surface area contributed by atoms with Gasteiger partial charge < -0.3 is 14.8 Å². The number of hydrogen-bond acceptors (Lipinski definition) is 6. The van der Waals surface area contributed by atoms with Crippen LogP contribution < -0.4 is 10.1 Å². The van der Waals surface area contributed by atoms with Gasteiger partial charge in [-0.3, -0.25) is 4.68 Å². The molecule has 7 nitrogen and oxygen atoms in total. The van der Waals surface area contributed by atoms with Gasteiger partial charge in [-0.1, -0.05) is 0 Å². The molecule has 0 bridgehead atoms. The van der Waals surface area contributed by atoms with E-state index in [1.807, 2.05) is 19.2 Å². The Kier molecular flexibility index (Phi) is 6.21. The summed E-state index contributed by atoms with van der Waals surface area (Å²) in [5.74, 6) is 0.683. The normalized spacial score (nSPS) is 12.9. The van der Waals surface area contributed by atoms with Crippen LogP contribution in [0, 0.1) is 6.92 Å². The Morgan fingerprint density at radius 3 is 2.76 bits per heavy atom. The molecule has 3 heterocycles. The van der Waals surface area contributed by atoms with Gasteiger partial charge in [0.2, 0.25) is 5.88 Å². The molecule has 0 spiro atoms. The summed E-state index contributed by atoms with van der Waals surface area (Å²) < 4.78 is 48.6. The third kappa shape index (κ3) is 5.57. The average Bonchev–Trinajstić information content (AvgIpc) is 3.07. The number of anilines is 1. The zero-order valence-electron chi connectivity index (χ0n) is 16.3. The van der Waals surface area contributed by atoms with Crippen LogP contribution in [0.3, 0.4) is 0 Å². The van der Waals surface area contributed by atoms with Gasteiger partial charge >= 0.3 is 6.18 Å². The molecule has 0 aromatic carbocycles. The van der Waals surface area contributed by atoms with Crippen molar-refractivity contribution in [2.45, 2.75) is 32.7 Å². The lowest BCUT2D eigenvalue weighted by atomic mass is 10.2. The second-order valence-electron chi connectivity index (χ2n) is 6.72. The number of aromatic nitrogens is 4. The van der Waals surface area contributed by atoms with E-state index in [1.165, 1.54) is 6.20 Å². The quantitative estimate of drug-likeness (QED) is 0.613. The second kappa shape index (κ2) is 8.64. The summed E-state index contributed by atoms with van der Waals surface area (Å²) in [5.41, 5.74) is 2.11. The van der Waals surface area contributed by atoms with Gasteiger partial charge in [-0.2, -0.15) is 18.3 Å². The van der Waals surface area contributed by atoms with Crippen molar-refractivity contribution in [2.24, 2.45) is 0 Å². The van der Waals surface area contributed by atoms with E-state index in [2.05, 4.69) is 20.4 Å². The first-order valence-corrected chi connectivity index (χ1v) is 8.99. The van der Waals surface area contributed by atoms with E-state index >= 15 is 0 Å². The molecule has 0 aliphatic heterocycles. The topological polar surface area (TPSA) is 74.1 Å². The summed E-state index contributed by atoms with van der Waals surface area (Å²) in [6, 6.07) is 3.55. The standard InChI is InChI=1S/C19H22F3N5O2/c1-12-6-14(8-25-18(12)29-11-19(20,21)22)9-27-10-15-16(26-27)4-5-23-17(15)24-7-13(2)28-3/h4-6,8,10,13H,7,9,11H2,1-3H3,(H,23,24)/t13-/m0/s1. The molecule has 3 rings (SSSR count). The first-order chi connectivity index (χ1) is 13.7. The van der Waals surface area contributed by atoms with Crippen LogP contribution in [0.2, 0.25) is 0 Å². The summed E-state index contributed by atoms with van der Waals surface area (Å²) >= 11 is 0. The van der Waals surface area contributed by atoms with Crippen molar-refractivity contribution in [2.75, 3.05) is 25.6 Å². The number of fused-ring (bicyclic) bond motifs is 1. The maximum Gasteiger partial charge on any atom is 0.422 e. The molecule has 1 N–H and O–H groups in total. The van der Waals surface area contributed by atoms with Crippen molar-refractivity contribution in [3.63, 3.8) is 0 Å². The molecule has 1 atom stereocenters.